The van der Waals surface area contributed by atoms with E-state index in [1.165, 1.54) is 0 Å². The molecule has 1 heterocycles. The summed E-state index contributed by atoms with van der Waals surface area (Å²) in [7, 11) is 0. The van der Waals surface area contributed by atoms with Crippen molar-refractivity contribution < 1.29 is 44.3 Å². The second-order valence-corrected chi connectivity index (χ2v) is 7.67. The van der Waals surface area contributed by atoms with Gasteiger partial charge in [0.05, 0.1) is 13.0 Å². The summed E-state index contributed by atoms with van der Waals surface area (Å²) in [6.45, 7) is -0.135. The van der Waals surface area contributed by atoms with Crippen molar-refractivity contribution in [1.29, 1.82) is 0 Å². The molecule has 7 N–H and O–H groups in total. The maximum atomic E-state index is 12.1. The van der Waals surface area contributed by atoms with Crippen molar-refractivity contribution in [3.05, 3.63) is 36.0 Å². The Morgan fingerprint density at radius 1 is 0.882 bits per heavy atom. The Bertz CT molecular complexity index is 991. The molecule has 0 saturated heterocycles. The molecule has 1 aromatic carbocycles. The van der Waals surface area contributed by atoms with Gasteiger partial charge in [0, 0.05) is 23.5 Å². The van der Waals surface area contributed by atoms with E-state index in [9.17, 15) is 34.5 Å². The van der Waals surface area contributed by atoms with E-state index >= 15 is 0 Å². The number of aliphatic carboxylic acids is 3. The number of carbonyl (C=O) groups is 4. The molecule has 1 aromatic heterocycles. The summed E-state index contributed by atoms with van der Waals surface area (Å²) in [6.07, 6.45) is -0.00222. The first-order chi connectivity index (χ1) is 16.2. The van der Waals surface area contributed by atoms with Crippen LogP contribution in [0, 0.1) is 0 Å². The average molecular weight is 479 g/mol. The van der Waals surface area contributed by atoms with Crippen molar-refractivity contribution in [2.45, 2.75) is 43.9 Å². The number of aromatic amines is 1. The van der Waals surface area contributed by atoms with Gasteiger partial charge < -0.3 is 40.8 Å². The lowest BCUT2D eigenvalue weighted by molar-refractivity contribution is -0.147. The summed E-state index contributed by atoms with van der Waals surface area (Å²) in [5.41, 5.74) is 1.67. The quantitative estimate of drug-likeness (QED) is 0.159. The molecule has 12 nitrogen and oxygen atoms in total. The number of hydrogen-bond acceptors (Lipinski definition) is 8. The van der Waals surface area contributed by atoms with Gasteiger partial charge in [-0.15, -0.1) is 0 Å². The molecule has 0 aliphatic carbocycles. The number of carboxylic acids is 3. The van der Waals surface area contributed by atoms with E-state index in [-0.39, 0.29) is 45.4 Å². The van der Waals surface area contributed by atoms with Crippen LogP contribution in [0.1, 0.15) is 24.8 Å². The lowest BCUT2D eigenvalue weighted by Crippen LogP contribution is -2.44. The zero-order valence-electron chi connectivity index (χ0n) is 18.4. The van der Waals surface area contributed by atoms with Gasteiger partial charge in [-0.05, 0) is 37.6 Å². The molecule has 0 radical (unpaired) electrons. The maximum absolute atomic E-state index is 12.1. The zero-order chi connectivity index (χ0) is 25.1. The predicted molar refractivity (Wildman–Crippen MR) is 119 cm³/mol. The highest BCUT2D eigenvalue weighted by Gasteiger charge is 2.22. The number of carboxylic acid groups (broad SMARTS) is 3. The van der Waals surface area contributed by atoms with Crippen LogP contribution in [0.15, 0.2) is 30.5 Å². The molecule has 0 bridgehead atoms. The van der Waals surface area contributed by atoms with Crippen molar-refractivity contribution in [2.24, 2.45) is 0 Å². The first-order valence-corrected chi connectivity index (χ1v) is 10.7. The molecule has 12 heteroatoms. The number of hydrogen-bond donors (Lipinski definition) is 7. The second-order valence-electron chi connectivity index (χ2n) is 7.67. The lowest BCUT2D eigenvalue weighted by atomic mass is 10.1. The predicted octanol–water partition coefficient (Wildman–Crippen LogP) is -0.0450. The summed E-state index contributed by atoms with van der Waals surface area (Å²) < 4.78 is 5.17. The zero-order valence-corrected chi connectivity index (χ0v) is 18.4. The molecule has 2 unspecified atom stereocenters. The Labute approximate surface area is 194 Å². The van der Waals surface area contributed by atoms with Crippen LogP contribution in [-0.2, 0) is 30.3 Å². The number of rotatable bonds is 16. The Hall–Kier alpha value is -3.48. The van der Waals surface area contributed by atoms with Gasteiger partial charge in [-0.3, -0.25) is 14.4 Å². The Balaban J connectivity index is 1.73. The Morgan fingerprint density at radius 2 is 1.50 bits per heavy atom. The SMILES string of the molecule is O=C(Cc1c[nH]c2ccccc12)OCCC(NCCC(NCC[C@H](O)C(=O)O)C(=O)O)C(=O)O. The molecule has 2 aromatic rings. The topological polar surface area (TPSA) is 198 Å². The fourth-order valence-corrected chi connectivity index (χ4v) is 3.32. The van der Waals surface area contributed by atoms with Gasteiger partial charge >= 0.3 is 23.9 Å². The summed E-state index contributed by atoms with van der Waals surface area (Å²) in [5, 5.41) is 42.7. The molecule has 0 saturated carbocycles. The largest absolute Gasteiger partial charge is 0.480 e. The number of aliphatic hydroxyl groups is 1. The van der Waals surface area contributed by atoms with Crippen molar-refractivity contribution in [3.8, 4) is 0 Å². The van der Waals surface area contributed by atoms with E-state index in [1.807, 2.05) is 24.3 Å². The van der Waals surface area contributed by atoms with E-state index in [2.05, 4.69) is 15.6 Å². The number of ether oxygens (including phenoxy) is 1. The van der Waals surface area contributed by atoms with Gasteiger partial charge in [-0.1, -0.05) is 18.2 Å². The van der Waals surface area contributed by atoms with Gasteiger partial charge in [0.15, 0.2) is 6.10 Å². The highest BCUT2D eigenvalue weighted by Crippen LogP contribution is 2.18. The van der Waals surface area contributed by atoms with E-state index < -0.39 is 42.1 Å². The first-order valence-electron chi connectivity index (χ1n) is 10.7. The average Bonchev–Trinajstić information content (AvgIpc) is 3.19. The second kappa shape index (κ2) is 13.3. The van der Waals surface area contributed by atoms with Gasteiger partial charge in [-0.25, -0.2) is 4.79 Å². The number of nitrogens with one attached hydrogen (secondary N) is 3. The van der Waals surface area contributed by atoms with Crippen molar-refractivity contribution >= 4 is 34.8 Å². The third-order valence-electron chi connectivity index (χ3n) is 5.19. The molecule has 0 amide bonds. The monoisotopic (exact) mass is 479 g/mol. The van der Waals surface area contributed by atoms with Gasteiger partial charge in [0.2, 0.25) is 0 Å². The van der Waals surface area contributed by atoms with Crippen LogP contribution < -0.4 is 10.6 Å². The van der Waals surface area contributed by atoms with Crippen LogP contribution in [0.3, 0.4) is 0 Å². The van der Waals surface area contributed by atoms with Crippen LogP contribution >= 0.6 is 0 Å². The smallest absolute Gasteiger partial charge is 0.332 e. The first kappa shape index (κ1) is 26.8. The molecule has 34 heavy (non-hydrogen) atoms. The molecule has 0 aliphatic rings. The van der Waals surface area contributed by atoms with E-state index in [0.29, 0.717) is 0 Å². The lowest BCUT2D eigenvalue weighted by Gasteiger charge is -2.18. The third kappa shape index (κ3) is 8.46. The number of carbonyl (C=O) groups excluding carboxylic acids is 1. The number of H-pyrrole nitrogens is 1. The number of aliphatic hydroxyl groups excluding tert-OH is 1. The molecular formula is C22H29N3O9. The van der Waals surface area contributed by atoms with Crippen molar-refractivity contribution in [2.75, 3.05) is 19.7 Å². The molecule has 0 fully saturated rings. The van der Waals surface area contributed by atoms with Crippen LogP contribution in [0.5, 0.6) is 0 Å². The minimum Gasteiger partial charge on any atom is -0.480 e. The van der Waals surface area contributed by atoms with Crippen LogP contribution in [0.4, 0.5) is 0 Å². The normalized spacial score (nSPS) is 13.8. The van der Waals surface area contributed by atoms with Crippen molar-refractivity contribution in [1.82, 2.24) is 15.6 Å². The van der Waals surface area contributed by atoms with Gasteiger partial charge in [0.1, 0.15) is 12.1 Å². The fourth-order valence-electron chi connectivity index (χ4n) is 3.32. The summed E-state index contributed by atoms with van der Waals surface area (Å²) in [6, 6.07) is 5.39. The molecule has 0 aliphatic heterocycles. The number of para-hydroxylation sites is 1. The maximum Gasteiger partial charge on any atom is 0.332 e. The Kier molecular flexibility index (Phi) is 10.5. The summed E-state index contributed by atoms with van der Waals surface area (Å²) in [4.78, 5) is 48.6. The molecule has 3 atom stereocenters. The highest BCUT2D eigenvalue weighted by atomic mass is 16.5. The minimum absolute atomic E-state index is 0.00900. The summed E-state index contributed by atoms with van der Waals surface area (Å²) in [5.74, 6) is -4.25. The molecular weight excluding hydrogens is 450 g/mol. The number of aromatic nitrogens is 1. The number of esters is 1. The summed E-state index contributed by atoms with van der Waals surface area (Å²) >= 11 is 0. The number of benzene rings is 1. The molecule has 0 spiro atoms. The van der Waals surface area contributed by atoms with E-state index in [1.54, 1.807) is 6.20 Å². The molecule has 2 rings (SSSR count). The van der Waals surface area contributed by atoms with E-state index in [4.69, 9.17) is 9.84 Å². The van der Waals surface area contributed by atoms with Gasteiger partial charge in [0.25, 0.3) is 0 Å². The van der Waals surface area contributed by atoms with Crippen LogP contribution in [0.25, 0.3) is 10.9 Å². The fraction of sp³-hybridized carbons (Fsp3) is 0.455. The van der Waals surface area contributed by atoms with Crippen LogP contribution in [-0.4, -0.2) is 87.2 Å². The minimum atomic E-state index is -1.60. The third-order valence-corrected chi connectivity index (χ3v) is 5.19. The highest BCUT2D eigenvalue weighted by molar-refractivity contribution is 5.87. The standard InChI is InChI=1S/C22H29N3O9/c26-18(22(32)33)6-9-24-16(20(28)29)5-8-23-17(21(30)31)7-10-34-19(27)11-13-12-25-15-4-2-1-3-14(13)15/h1-4,12,16-18,23-26H,5-11H2,(H,28,29)(H,30,31)(H,32,33)/t16?,17?,18-/m0/s1. The van der Waals surface area contributed by atoms with E-state index in [0.717, 1.165) is 16.5 Å². The van der Waals surface area contributed by atoms with Crippen LogP contribution in [0.2, 0.25) is 0 Å². The Morgan fingerprint density at radius 3 is 2.15 bits per heavy atom. The number of fused-ring (bicyclic) bond motifs is 1. The molecule has 186 valence electrons. The van der Waals surface area contributed by atoms with Crippen molar-refractivity contribution in [3.63, 3.8) is 0 Å². The van der Waals surface area contributed by atoms with Gasteiger partial charge in [-0.2, -0.15) is 0 Å².